The van der Waals surface area contributed by atoms with Gasteiger partial charge in [-0.1, -0.05) is 52.0 Å². The highest BCUT2D eigenvalue weighted by Crippen LogP contribution is 2.35. The lowest BCUT2D eigenvalue weighted by molar-refractivity contribution is -0.0174. The minimum Gasteiger partial charge on any atom is -0.458 e. The number of hydrogen-bond acceptors (Lipinski definition) is 2. The van der Waals surface area contributed by atoms with E-state index in [-0.39, 0.29) is 12.1 Å². The second-order valence-electron chi connectivity index (χ2n) is 6.60. The van der Waals surface area contributed by atoms with Gasteiger partial charge in [-0.05, 0) is 48.3 Å². The molecule has 2 nitrogen and oxygen atoms in total. The summed E-state index contributed by atoms with van der Waals surface area (Å²) in [5, 5.41) is 0. The van der Waals surface area contributed by atoms with Crippen molar-refractivity contribution in [2.24, 2.45) is 17.8 Å². The molecule has 1 aliphatic rings. The second kappa shape index (κ2) is 6.93. The summed E-state index contributed by atoms with van der Waals surface area (Å²) in [6.45, 7) is 10.4. The molecule has 0 heterocycles. The lowest BCUT2D eigenvalue weighted by Crippen LogP contribution is -2.35. The molecule has 2 rings (SSSR count). The lowest BCUT2D eigenvalue weighted by Gasteiger charge is -2.36. The van der Waals surface area contributed by atoms with Crippen molar-refractivity contribution in [3.05, 3.63) is 42.0 Å². The number of esters is 1. The largest absolute Gasteiger partial charge is 0.458 e. The molecular weight excluding hydrogens is 260 g/mol. The minimum atomic E-state index is -0.199. The molecular formula is C19H26O2. The predicted molar refractivity (Wildman–Crippen MR) is 87.1 cm³/mol. The molecule has 1 aromatic rings. The summed E-state index contributed by atoms with van der Waals surface area (Å²) in [6.07, 6.45) is 5.21. The van der Waals surface area contributed by atoms with Crippen LogP contribution < -0.4 is 0 Å². The average molecular weight is 286 g/mol. The van der Waals surface area contributed by atoms with Gasteiger partial charge < -0.3 is 4.74 Å². The van der Waals surface area contributed by atoms with Gasteiger partial charge in [0.25, 0.3) is 0 Å². The third-order valence-corrected chi connectivity index (χ3v) is 4.60. The molecule has 1 aliphatic carbocycles. The number of carbonyl (C=O) groups excluding carboxylic acids is 1. The van der Waals surface area contributed by atoms with Crippen LogP contribution in [0, 0.1) is 17.8 Å². The SMILES string of the molecule is C=Cc1ccc(C(=O)O[C@@H]2C[C@H](C)CC[C@H]2C(C)C)cc1. The molecule has 0 aromatic heterocycles. The maximum absolute atomic E-state index is 12.3. The zero-order valence-electron chi connectivity index (χ0n) is 13.3. The van der Waals surface area contributed by atoms with Crippen LogP contribution in [0.15, 0.2) is 30.8 Å². The molecule has 0 spiro atoms. The molecule has 0 aliphatic heterocycles. The van der Waals surface area contributed by atoms with Crippen molar-refractivity contribution >= 4 is 12.0 Å². The molecule has 1 saturated carbocycles. The standard InChI is InChI=1S/C19H26O2/c1-5-15-7-9-16(10-8-15)19(20)21-18-12-14(4)6-11-17(18)13(2)3/h5,7-10,13-14,17-18H,1,6,11-12H2,2-4H3/t14-,17+,18-/m1/s1. The van der Waals surface area contributed by atoms with Gasteiger partial charge in [-0.25, -0.2) is 4.79 Å². The number of benzene rings is 1. The van der Waals surface area contributed by atoms with Crippen LogP contribution >= 0.6 is 0 Å². The summed E-state index contributed by atoms with van der Waals surface area (Å²) in [7, 11) is 0. The van der Waals surface area contributed by atoms with Crippen LogP contribution in [0.1, 0.15) is 56.0 Å². The van der Waals surface area contributed by atoms with Gasteiger partial charge in [0, 0.05) is 0 Å². The molecule has 2 heteroatoms. The van der Waals surface area contributed by atoms with Crippen molar-refractivity contribution in [3.63, 3.8) is 0 Å². The van der Waals surface area contributed by atoms with Crippen molar-refractivity contribution in [2.75, 3.05) is 0 Å². The van der Waals surface area contributed by atoms with Gasteiger partial charge in [-0.2, -0.15) is 0 Å². The highest BCUT2D eigenvalue weighted by Gasteiger charge is 2.33. The zero-order chi connectivity index (χ0) is 15.4. The van der Waals surface area contributed by atoms with E-state index in [0.717, 1.165) is 18.4 Å². The molecule has 0 amide bonds. The van der Waals surface area contributed by atoms with Crippen LogP contribution in [0.4, 0.5) is 0 Å². The maximum Gasteiger partial charge on any atom is 0.338 e. The summed E-state index contributed by atoms with van der Waals surface area (Å²) in [5.41, 5.74) is 1.64. The average Bonchev–Trinajstić information content (AvgIpc) is 2.47. The van der Waals surface area contributed by atoms with Gasteiger partial charge >= 0.3 is 5.97 Å². The summed E-state index contributed by atoms with van der Waals surface area (Å²) in [5.74, 6) is 1.48. The Morgan fingerprint density at radius 2 is 1.95 bits per heavy atom. The van der Waals surface area contributed by atoms with Gasteiger partial charge in [0.2, 0.25) is 0 Å². The molecule has 0 unspecified atom stereocenters. The third-order valence-electron chi connectivity index (χ3n) is 4.60. The van der Waals surface area contributed by atoms with E-state index >= 15 is 0 Å². The predicted octanol–water partition coefficient (Wildman–Crippen LogP) is 4.95. The Labute approximate surface area is 128 Å². The van der Waals surface area contributed by atoms with Gasteiger partial charge in [-0.15, -0.1) is 0 Å². The Bertz CT molecular complexity index is 487. The maximum atomic E-state index is 12.3. The first-order valence-corrected chi connectivity index (χ1v) is 7.94. The van der Waals surface area contributed by atoms with Crippen LogP contribution in [-0.2, 0) is 4.74 Å². The van der Waals surface area contributed by atoms with Crippen LogP contribution in [0.2, 0.25) is 0 Å². The number of hydrogen-bond donors (Lipinski definition) is 0. The second-order valence-corrected chi connectivity index (χ2v) is 6.60. The Kier molecular flexibility index (Phi) is 5.22. The lowest BCUT2D eigenvalue weighted by atomic mass is 9.75. The highest BCUT2D eigenvalue weighted by atomic mass is 16.5. The highest BCUT2D eigenvalue weighted by molar-refractivity contribution is 5.89. The molecule has 0 bridgehead atoms. The van der Waals surface area contributed by atoms with Crippen LogP contribution in [0.25, 0.3) is 6.08 Å². The Hall–Kier alpha value is -1.57. The summed E-state index contributed by atoms with van der Waals surface area (Å²) < 4.78 is 5.83. The normalized spacial score (nSPS) is 25.6. The summed E-state index contributed by atoms with van der Waals surface area (Å²) in [6, 6.07) is 7.42. The Balaban J connectivity index is 2.06. The van der Waals surface area contributed by atoms with Gasteiger partial charge in [0.1, 0.15) is 6.10 Å². The first kappa shape index (κ1) is 15.8. The van der Waals surface area contributed by atoms with E-state index in [1.807, 2.05) is 24.3 Å². The van der Waals surface area contributed by atoms with Crippen LogP contribution in [0.5, 0.6) is 0 Å². The van der Waals surface area contributed by atoms with E-state index < -0.39 is 0 Å². The van der Waals surface area contributed by atoms with Gasteiger partial charge in [0.15, 0.2) is 0 Å². The van der Waals surface area contributed by atoms with Crippen LogP contribution in [-0.4, -0.2) is 12.1 Å². The fraction of sp³-hybridized carbons (Fsp3) is 0.526. The van der Waals surface area contributed by atoms with E-state index in [4.69, 9.17) is 4.74 Å². The van der Waals surface area contributed by atoms with E-state index in [9.17, 15) is 4.79 Å². The first-order valence-electron chi connectivity index (χ1n) is 7.94. The summed E-state index contributed by atoms with van der Waals surface area (Å²) in [4.78, 5) is 12.3. The molecule has 21 heavy (non-hydrogen) atoms. The number of carbonyl (C=O) groups is 1. The molecule has 3 atom stereocenters. The molecule has 0 saturated heterocycles. The smallest absolute Gasteiger partial charge is 0.338 e. The quantitative estimate of drug-likeness (QED) is 0.732. The fourth-order valence-electron chi connectivity index (χ4n) is 3.21. The molecule has 1 fully saturated rings. The fourth-order valence-corrected chi connectivity index (χ4v) is 3.21. The Morgan fingerprint density at radius 1 is 1.29 bits per heavy atom. The molecule has 0 N–H and O–H groups in total. The van der Waals surface area contributed by atoms with Crippen molar-refractivity contribution in [1.29, 1.82) is 0 Å². The molecule has 1 aromatic carbocycles. The number of rotatable bonds is 4. The van der Waals surface area contributed by atoms with Crippen LogP contribution in [0.3, 0.4) is 0 Å². The monoisotopic (exact) mass is 286 g/mol. The van der Waals surface area contributed by atoms with Gasteiger partial charge in [-0.3, -0.25) is 0 Å². The first-order chi connectivity index (χ1) is 10.0. The van der Waals surface area contributed by atoms with E-state index in [2.05, 4.69) is 27.4 Å². The minimum absolute atomic E-state index is 0.0559. The third kappa shape index (κ3) is 3.96. The van der Waals surface area contributed by atoms with E-state index in [1.165, 1.54) is 6.42 Å². The van der Waals surface area contributed by atoms with Crippen molar-refractivity contribution < 1.29 is 9.53 Å². The van der Waals surface area contributed by atoms with Gasteiger partial charge in [0.05, 0.1) is 5.56 Å². The zero-order valence-corrected chi connectivity index (χ0v) is 13.3. The van der Waals surface area contributed by atoms with Crippen molar-refractivity contribution in [3.8, 4) is 0 Å². The van der Waals surface area contributed by atoms with Crippen molar-refractivity contribution in [1.82, 2.24) is 0 Å². The van der Waals surface area contributed by atoms with E-state index in [0.29, 0.717) is 23.3 Å². The molecule has 114 valence electrons. The molecule has 0 radical (unpaired) electrons. The topological polar surface area (TPSA) is 26.3 Å². The summed E-state index contributed by atoms with van der Waals surface area (Å²) >= 11 is 0. The Morgan fingerprint density at radius 3 is 2.52 bits per heavy atom. The van der Waals surface area contributed by atoms with Crippen molar-refractivity contribution in [2.45, 2.75) is 46.1 Å². The van der Waals surface area contributed by atoms with E-state index in [1.54, 1.807) is 6.08 Å². The number of ether oxygens (including phenoxy) is 1.